The number of rotatable bonds is 4. The van der Waals surface area contributed by atoms with E-state index in [0.29, 0.717) is 18.5 Å². The minimum absolute atomic E-state index is 0.142. The van der Waals surface area contributed by atoms with Crippen LogP contribution in [0.25, 0.3) is 0 Å². The number of hydrogen-bond donors (Lipinski definition) is 0. The second kappa shape index (κ2) is 8.32. The van der Waals surface area contributed by atoms with Crippen LogP contribution in [0.4, 0.5) is 0 Å². The zero-order valence-corrected chi connectivity index (χ0v) is 15.2. The number of likely N-dealkylation sites (N-methyl/N-ethyl adjacent to an activating group) is 1. The van der Waals surface area contributed by atoms with Crippen LogP contribution < -0.4 is 0 Å². The number of piperidine rings is 1. The van der Waals surface area contributed by atoms with Crippen molar-refractivity contribution in [1.29, 1.82) is 0 Å². The Morgan fingerprint density at radius 3 is 2.08 bits per heavy atom. The molecule has 2 aliphatic heterocycles. The average molecular weight is 335 g/mol. The summed E-state index contributed by atoms with van der Waals surface area (Å²) in [5.41, 5.74) is 0. The fourth-order valence-electron chi connectivity index (χ4n) is 4.54. The summed E-state index contributed by atoms with van der Waals surface area (Å²) < 4.78 is 0. The highest BCUT2D eigenvalue weighted by molar-refractivity contribution is 5.81. The molecule has 3 rings (SSSR count). The fourth-order valence-corrected chi connectivity index (χ4v) is 4.54. The van der Waals surface area contributed by atoms with Crippen molar-refractivity contribution in [3.63, 3.8) is 0 Å². The highest BCUT2D eigenvalue weighted by Crippen LogP contribution is 2.24. The first kappa shape index (κ1) is 17.7. The summed E-state index contributed by atoms with van der Waals surface area (Å²) in [7, 11) is 2.09. The molecule has 0 aromatic carbocycles. The van der Waals surface area contributed by atoms with E-state index in [1.807, 2.05) is 9.80 Å². The molecule has 0 aromatic rings. The summed E-state index contributed by atoms with van der Waals surface area (Å²) in [4.78, 5) is 31.3. The number of hydrogen-bond acceptors (Lipinski definition) is 3. The third-order valence-corrected chi connectivity index (χ3v) is 6.20. The highest BCUT2D eigenvalue weighted by atomic mass is 16.2. The molecule has 0 bridgehead atoms. The standard InChI is InChI=1S/C19H33N3O2/c1-20(17-7-3-2-4-8-17)15-18(23)21-13-9-16(10-14-21)19(24)22-11-5-6-12-22/h16-17H,2-15H2,1H3. The minimum Gasteiger partial charge on any atom is -0.342 e. The van der Waals surface area contributed by atoms with Crippen LogP contribution in [0.1, 0.15) is 57.8 Å². The molecular weight excluding hydrogens is 302 g/mol. The van der Waals surface area contributed by atoms with Gasteiger partial charge < -0.3 is 9.80 Å². The van der Waals surface area contributed by atoms with Gasteiger partial charge in [-0.2, -0.15) is 0 Å². The van der Waals surface area contributed by atoms with Crippen molar-refractivity contribution in [3.05, 3.63) is 0 Å². The van der Waals surface area contributed by atoms with E-state index in [-0.39, 0.29) is 11.8 Å². The molecule has 24 heavy (non-hydrogen) atoms. The molecule has 0 unspecified atom stereocenters. The summed E-state index contributed by atoms with van der Waals surface area (Å²) in [5.74, 6) is 0.720. The number of likely N-dealkylation sites (tertiary alicyclic amines) is 2. The molecule has 3 aliphatic rings. The largest absolute Gasteiger partial charge is 0.342 e. The maximum atomic E-state index is 12.6. The molecule has 0 aromatic heterocycles. The smallest absolute Gasteiger partial charge is 0.236 e. The van der Waals surface area contributed by atoms with E-state index in [2.05, 4.69) is 11.9 Å². The van der Waals surface area contributed by atoms with Gasteiger partial charge in [0.05, 0.1) is 6.54 Å². The summed E-state index contributed by atoms with van der Waals surface area (Å²) in [6.07, 6.45) is 10.4. The average Bonchev–Trinajstić information content (AvgIpc) is 3.16. The molecule has 0 N–H and O–H groups in total. The zero-order valence-electron chi connectivity index (χ0n) is 15.2. The Hall–Kier alpha value is -1.10. The molecule has 0 radical (unpaired) electrons. The van der Waals surface area contributed by atoms with Crippen LogP contribution >= 0.6 is 0 Å². The third kappa shape index (κ3) is 4.29. The van der Waals surface area contributed by atoms with Gasteiger partial charge in [-0.15, -0.1) is 0 Å². The number of nitrogens with zero attached hydrogens (tertiary/aromatic N) is 3. The van der Waals surface area contributed by atoms with E-state index < -0.39 is 0 Å². The Bertz CT molecular complexity index is 434. The number of carbonyl (C=O) groups excluding carboxylic acids is 2. The van der Waals surface area contributed by atoms with E-state index in [9.17, 15) is 9.59 Å². The molecule has 2 saturated heterocycles. The van der Waals surface area contributed by atoms with E-state index in [0.717, 1.165) is 51.9 Å². The second-order valence-electron chi connectivity index (χ2n) is 7.89. The van der Waals surface area contributed by atoms with Gasteiger partial charge in [0, 0.05) is 38.1 Å². The maximum Gasteiger partial charge on any atom is 0.236 e. The molecule has 0 spiro atoms. The Balaban J connectivity index is 1.42. The molecule has 136 valence electrons. The van der Waals surface area contributed by atoms with Gasteiger partial charge in [0.25, 0.3) is 0 Å². The Labute approximate surface area is 146 Å². The summed E-state index contributed by atoms with van der Waals surface area (Å²) in [6, 6.07) is 0.581. The van der Waals surface area contributed by atoms with Crippen LogP contribution in [0.5, 0.6) is 0 Å². The van der Waals surface area contributed by atoms with Crippen molar-refractivity contribution >= 4 is 11.8 Å². The second-order valence-corrected chi connectivity index (χ2v) is 7.89. The van der Waals surface area contributed by atoms with Crippen LogP contribution in [-0.4, -0.2) is 72.3 Å². The maximum absolute atomic E-state index is 12.6. The summed E-state index contributed by atoms with van der Waals surface area (Å²) in [5, 5.41) is 0. The van der Waals surface area contributed by atoms with Gasteiger partial charge in [-0.1, -0.05) is 19.3 Å². The molecule has 5 heteroatoms. The van der Waals surface area contributed by atoms with Crippen LogP contribution in [0.3, 0.4) is 0 Å². The first-order valence-corrected chi connectivity index (χ1v) is 9.92. The SMILES string of the molecule is CN(CC(=O)N1CCC(C(=O)N2CCCC2)CC1)C1CCCCC1. The van der Waals surface area contributed by atoms with Crippen molar-refractivity contribution in [1.82, 2.24) is 14.7 Å². The van der Waals surface area contributed by atoms with Gasteiger partial charge in [-0.05, 0) is 45.6 Å². The molecule has 2 heterocycles. The lowest BCUT2D eigenvalue weighted by Gasteiger charge is -2.36. The third-order valence-electron chi connectivity index (χ3n) is 6.20. The normalized spacial score (nSPS) is 23.9. The molecule has 0 atom stereocenters. The molecule has 3 fully saturated rings. The lowest BCUT2D eigenvalue weighted by atomic mass is 9.94. The molecule has 5 nitrogen and oxygen atoms in total. The summed E-state index contributed by atoms with van der Waals surface area (Å²) >= 11 is 0. The number of carbonyl (C=O) groups is 2. The highest BCUT2D eigenvalue weighted by Gasteiger charge is 2.31. The topological polar surface area (TPSA) is 43.9 Å². The molecular formula is C19H33N3O2. The van der Waals surface area contributed by atoms with Crippen molar-refractivity contribution < 1.29 is 9.59 Å². The van der Waals surface area contributed by atoms with E-state index in [1.165, 1.54) is 32.1 Å². The fraction of sp³-hybridized carbons (Fsp3) is 0.895. The van der Waals surface area contributed by atoms with Gasteiger partial charge in [0.2, 0.25) is 11.8 Å². The number of amides is 2. The first-order valence-electron chi connectivity index (χ1n) is 9.92. The Morgan fingerprint density at radius 2 is 1.46 bits per heavy atom. The molecule has 1 aliphatic carbocycles. The van der Waals surface area contributed by atoms with E-state index in [4.69, 9.17) is 0 Å². The quantitative estimate of drug-likeness (QED) is 0.790. The minimum atomic E-state index is 0.142. The van der Waals surface area contributed by atoms with Crippen molar-refractivity contribution in [2.75, 3.05) is 39.8 Å². The summed E-state index contributed by atoms with van der Waals surface area (Å²) in [6.45, 7) is 3.91. The molecule has 1 saturated carbocycles. The Morgan fingerprint density at radius 1 is 0.833 bits per heavy atom. The van der Waals surface area contributed by atoms with Gasteiger partial charge in [0.15, 0.2) is 0 Å². The van der Waals surface area contributed by atoms with Crippen molar-refractivity contribution in [2.45, 2.75) is 63.8 Å². The van der Waals surface area contributed by atoms with E-state index >= 15 is 0 Å². The van der Waals surface area contributed by atoms with Crippen LogP contribution in [-0.2, 0) is 9.59 Å². The van der Waals surface area contributed by atoms with Gasteiger partial charge in [-0.3, -0.25) is 14.5 Å². The lowest BCUT2D eigenvalue weighted by molar-refractivity contribution is -0.140. The molecule has 2 amide bonds. The van der Waals surface area contributed by atoms with Crippen molar-refractivity contribution in [3.8, 4) is 0 Å². The van der Waals surface area contributed by atoms with Gasteiger partial charge in [0.1, 0.15) is 0 Å². The van der Waals surface area contributed by atoms with Crippen molar-refractivity contribution in [2.24, 2.45) is 5.92 Å². The predicted octanol–water partition coefficient (Wildman–Crippen LogP) is 2.11. The van der Waals surface area contributed by atoms with Gasteiger partial charge >= 0.3 is 0 Å². The first-order chi connectivity index (χ1) is 11.6. The van der Waals surface area contributed by atoms with Gasteiger partial charge in [-0.25, -0.2) is 0 Å². The van der Waals surface area contributed by atoms with Crippen LogP contribution in [0.2, 0.25) is 0 Å². The Kier molecular flexibility index (Phi) is 6.14. The lowest BCUT2D eigenvalue weighted by Crippen LogP contribution is -2.48. The zero-order chi connectivity index (χ0) is 16.9. The van der Waals surface area contributed by atoms with Crippen LogP contribution in [0, 0.1) is 5.92 Å². The van der Waals surface area contributed by atoms with E-state index in [1.54, 1.807) is 0 Å². The monoisotopic (exact) mass is 335 g/mol. The predicted molar refractivity (Wildman–Crippen MR) is 94.6 cm³/mol. The van der Waals surface area contributed by atoms with Crippen LogP contribution in [0.15, 0.2) is 0 Å².